The molecule has 0 saturated heterocycles. The molecule has 0 aliphatic heterocycles. The van der Waals surface area contributed by atoms with Crippen LogP contribution in [-0.4, -0.2) is 18.2 Å². The van der Waals surface area contributed by atoms with Crippen LogP contribution in [0.25, 0.3) is 22.0 Å². The van der Waals surface area contributed by atoms with Gasteiger partial charge in [-0.15, -0.1) is 0 Å². The summed E-state index contributed by atoms with van der Waals surface area (Å²) in [7, 11) is -3.20. The van der Waals surface area contributed by atoms with Crippen LogP contribution in [0.15, 0.2) is 48.7 Å². The summed E-state index contributed by atoms with van der Waals surface area (Å²) in [4.78, 5) is 0. The fraction of sp³-hybridized carbons (Fsp3) is 0.417. The summed E-state index contributed by atoms with van der Waals surface area (Å²) in [5.41, 5.74) is 5.97. The third-order valence-corrected chi connectivity index (χ3v) is 7.39. The van der Waals surface area contributed by atoms with E-state index in [0.29, 0.717) is 6.54 Å². The Morgan fingerprint density at radius 2 is 1.83 bits per heavy atom. The molecule has 29 heavy (non-hydrogen) atoms. The van der Waals surface area contributed by atoms with E-state index in [0.717, 1.165) is 35.9 Å². The van der Waals surface area contributed by atoms with Crippen molar-refractivity contribution in [2.24, 2.45) is 5.41 Å². The van der Waals surface area contributed by atoms with Gasteiger partial charge >= 0.3 is 0 Å². The van der Waals surface area contributed by atoms with E-state index in [1.165, 1.54) is 16.7 Å². The van der Waals surface area contributed by atoms with Crippen LogP contribution in [0.5, 0.6) is 0 Å². The van der Waals surface area contributed by atoms with Gasteiger partial charge in [-0.3, -0.25) is 0 Å². The van der Waals surface area contributed by atoms with Crippen LogP contribution in [-0.2, 0) is 23.1 Å². The molecule has 1 saturated carbocycles. The Hall–Kier alpha value is -2.11. The Balaban J connectivity index is 1.75. The second-order valence-corrected chi connectivity index (χ2v) is 11.5. The molecule has 0 unspecified atom stereocenters. The highest BCUT2D eigenvalue weighted by molar-refractivity contribution is 7.90. The summed E-state index contributed by atoms with van der Waals surface area (Å²) < 4.78 is 29.7. The first kappa shape index (κ1) is 20.2. The lowest BCUT2D eigenvalue weighted by atomic mass is 9.96. The van der Waals surface area contributed by atoms with Gasteiger partial charge in [0.15, 0.2) is 0 Å². The van der Waals surface area contributed by atoms with Gasteiger partial charge in [0.25, 0.3) is 0 Å². The van der Waals surface area contributed by atoms with Crippen LogP contribution in [0.2, 0.25) is 0 Å². The Morgan fingerprint density at radius 1 is 1.10 bits per heavy atom. The first-order valence-corrected chi connectivity index (χ1v) is 11.8. The molecule has 1 aliphatic carbocycles. The molecule has 5 heteroatoms. The van der Waals surface area contributed by atoms with Crippen LogP contribution in [0.3, 0.4) is 0 Å². The highest BCUT2D eigenvalue weighted by Gasteiger charge is 2.35. The Labute approximate surface area is 174 Å². The summed E-state index contributed by atoms with van der Waals surface area (Å²) in [5.74, 6) is 0. The van der Waals surface area contributed by atoms with Gasteiger partial charge in [-0.25, -0.2) is 13.1 Å². The van der Waals surface area contributed by atoms with Crippen molar-refractivity contribution in [3.8, 4) is 11.1 Å². The molecule has 154 valence electrons. The van der Waals surface area contributed by atoms with Crippen molar-refractivity contribution in [2.75, 3.05) is 0 Å². The smallest absolute Gasteiger partial charge is 0.214 e. The molecule has 1 aliphatic rings. The molecule has 1 heterocycles. The maximum atomic E-state index is 12.3. The maximum absolute atomic E-state index is 12.3. The number of sulfonamides is 1. The molecule has 0 amide bonds. The van der Waals surface area contributed by atoms with Crippen LogP contribution in [0.1, 0.15) is 44.7 Å². The van der Waals surface area contributed by atoms with Crippen LogP contribution >= 0.6 is 0 Å². The van der Waals surface area contributed by atoms with E-state index >= 15 is 0 Å². The van der Waals surface area contributed by atoms with Gasteiger partial charge in [-0.2, -0.15) is 0 Å². The third kappa shape index (κ3) is 4.41. The number of aromatic nitrogens is 1. The lowest BCUT2D eigenvalue weighted by Crippen LogP contribution is -2.26. The van der Waals surface area contributed by atoms with Gasteiger partial charge in [-0.05, 0) is 53.5 Å². The molecule has 0 spiro atoms. The predicted octanol–water partition coefficient (Wildman–Crippen LogP) is 5.24. The maximum Gasteiger partial charge on any atom is 0.214 e. The van der Waals surface area contributed by atoms with Gasteiger partial charge in [0.1, 0.15) is 0 Å². The van der Waals surface area contributed by atoms with Gasteiger partial charge in [0.2, 0.25) is 10.0 Å². The monoisotopic (exact) mass is 410 g/mol. The van der Waals surface area contributed by atoms with Gasteiger partial charge in [0.05, 0.1) is 5.25 Å². The average molecular weight is 411 g/mol. The molecule has 1 fully saturated rings. The Morgan fingerprint density at radius 3 is 2.48 bits per heavy atom. The number of hydrogen-bond acceptors (Lipinski definition) is 2. The molecule has 2 aromatic carbocycles. The number of fused-ring (bicyclic) bond motifs is 1. The van der Waals surface area contributed by atoms with Gasteiger partial charge in [-0.1, -0.05) is 57.2 Å². The Kier molecular flexibility index (Phi) is 5.07. The zero-order valence-electron chi connectivity index (χ0n) is 17.7. The number of hydrogen-bond donors (Lipinski definition) is 1. The minimum Gasteiger partial charge on any atom is -0.347 e. The molecule has 0 radical (unpaired) electrons. The van der Waals surface area contributed by atoms with Crippen molar-refractivity contribution in [2.45, 2.75) is 58.9 Å². The number of nitrogens with zero attached hydrogens (tertiary/aromatic N) is 1. The van der Waals surface area contributed by atoms with Crippen molar-refractivity contribution in [1.29, 1.82) is 0 Å². The van der Waals surface area contributed by atoms with Crippen LogP contribution in [0, 0.1) is 12.3 Å². The quantitative estimate of drug-likeness (QED) is 0.604. The molecule has 4 nitrogen and oxygen atoms in total. The minimum atomic E-state index is -3.20. The van der Waals surface area contributed by atoms with Crippen molar-refractivity contribution in [3.05, 3.63) is 59.8 Å². The zero-order chi connectivity index (χ0) is 20.8. The molecule has 4 rings (SSSR count). The lowest BCUT2D eigenvalue weighted by molar-refractivity contribution is 0.349. The molecule has 0 bridgehead atoms. The van der Waals surface area contributed by atoms with E-state index in [-0.39, 0.29) is 10.7 Å². The Bertz CT molecular complexity index is 1150. The summed E-state index contributed by atoms with van der Waals surface area (Å²) in [6.45, 7) is 10.0. The molecule has 1 aromatic heterocycles. The lowest BCUT2D eigenvalue weighted by Gasteiger charge is -2.20. The van der Waals surface area contributed by atoms with Gasteiger partial charge < -0.3 is 4.57 Å². The number of rotatable bonds is 6. The van der Waals surface area contributed by atoms with E-state index in [2.05, 4.69) is 85.6 Å². The van der Waals surface area contributed by atoms with E-state index in [4.69, 9.17) is 0 Å². The first-order chi connectivity index (χ1) is 13.6. The second kappa shape index (κ2) is 7.29. The molecule has 3 aromatic rings. The van der Waals surface area contributed by atoms with Crippen molar-refractivity contribution < 1.29 is 8.42 Å². The van der Waals surface area contributed by atoms with E-state index in [1.54, 1.807) is 0 Å². The first-order valence-electron chi connectivity index (χ1n) is 10.3. The summed E-state index contributed by atoms with van der Waals surface area (Å²) in [6, 6.07) is 14.9. The highest BCUT2D eigenvalue weighted by atomic mass is 32.2. The molecule has 1 N–H and O–H groups in total. The van der Waals surface area contributed by atoms with Crippen molar-refractivity contribution >= 4 is 20.9 Å². The van der Waals surface area contributed by atoms with Crippen molar-refractivity contribution in [3.63, 3.8) is 0 Å². The number of benzene rings is 2. The third-order valence-electron chi connectivity index (χ3n) is 5.49. The van der Waals surface area contributed by atoms with E-state index < -0.39 is 10.0 Å². The minimum absolute atomic E-state index is 0.120. The normalized spacial score (nSPS) is 15.2. The van der Waals surface area contributed by atoms with Crippen LogP contribution in [0.4, 0.5) is 0 Å². The van der Waals surface area contributed by atoms with E-state index in [1.807, 2.05) is 0 Å². The zero-order valence-corrected chi connectivity index (χ0v) is 18.5. The topological polar surface area (TPSA) is 51.1 Å². The highest BCUT2D eigenvalue weighted by Crippen LogP contribution is 2.32. The molecule has 0 atom stereocenters. The standard InChI is InChI=1S/C24H30N2O2S/c1-17-7-5-6-8-21(17)18-9-12-22-19(14-25-29(27,28)20-10-11-20)15-26(23(22)13-18)16-24(2,3)4/h5-9,12-13,15,20,25H,10-11,14,16H2,1-4H3. The largest absolute Gasteiger partial charge is 0.347 e. The second-order valence-electron chi connectivity index (χ2n) is 9.46. The fourth-order valence-electron chi connectivity index (χ4n) is 3.89. The fourth-order valence-corrected chi connectivity index (χ4v) is 5.24. The summed E-state index contributed by atoms with van der Waals surface area (Å²) in [5, 5.41) is 0.920. The molecular weight excluding hydrogens is 380 g/mol. The predicted molar refractivity (Wildman–Crippen MR) is 120 cm³/mol. The van der Waals surface area contributed by atoms with E-state index in [9.17, 15) is 8.42 Å². The number of nitrogens with one attached hydrogen (secondary N) is 1. The summed E-state index contributed by atoms with van der Waals surface area (Å²) in [6.07, 6.45) is 3.68. The van der Waals surface area contributed by atoms with Crippen molar-refractivity contribution in [1.82, 2.24) is 9.29 Å². The van der Waals surface area contributed by atoms with Crippen LogP contribution < -0.4 is 4.72 Å². The SMILES string of the molecule is Cc1ccccc1-c1ccc2c(CNS(=O)(=O)C3CC3)cn(CC(C)(C)C)c2c1. The number of aryl methyl sites for hydroxylation is 1. The summed E-state index contributed by atoms with van der Waals surface area (Å²) >= 11 is 0. The molecular formula is C24H30N2O2S. The van der Waals surface area contributed by atoms with Gasteiger partial charge in [0, 0.05) is 30.2 Å². The average Bonchev–Trinajstić information content (AvgIpc) is 3.45.